The Balaban J connectivity index is 1.66. The summed E-state index contributed by atoms with van der Waals surface area (Å²) in [6, 6.07) is 13.1. The maximum absolute atomic E-state index is 12.1. The molecule has 3 N–H and O–H groups in total. The SMILES string of the molecule is O=C(O)c1ccc(C(=O)NNC(=O)c2ccc3ccccc3n2)nc1. The van der Waals surface area contributed by atoms with Gasteiger partial charge in [-0.2, -0.15) is 0 Å². The van der Waals surface area contributed by atoms with Gasteiger partial charge in [-0.25, -0.2) is 9.78 Å². The largest absolute Gasteiger partial charge is 0.478 e. The quantitative estimate of drug-likeness (QED) is 0.622. The molecule has 2 aromatic heterocycles. The summed E-state index contributed by atoms with van der Waals surface area (Å²) in [7, 11) is 0. The van der Waals surface area contributed by atoms with Gasteiger partial charge >= 0.3 is 5.97 Å². The van der Waals surface area contributed by atoms with Crippen molar-refractivity contribution >= 4 is 28.7 Å². The number of carbonyl (C=O) groups is 3. The van der Waals surface area contributed by atoms with E-state index in [1.165, 1.54) is 12.1 Å². The van der Waals surface area contributed by atoms with E-state index >= 15 is 0 Å². The van der Waals surface area contributed by atoms with Gasteiger partial charge in [0.1, 0.15) is 11.4 Å². The Kier molecular flexibility index (Phi) is 4.34. The molecule has 8 nitrogen and oxygen atoms in total. The van der Waals surface area contributed by atoms with E-state index in [1.807, 2.05) is 18.2 Å². The third-order valence-electron chi connectivity index (χ3n) is 3.36. The third kappa shape index (κ3) is 3.58. The molecule has 3 rings (SSSR count). The zero-order valence-corrected chi connectivity index (χ0v) is 12.8. The number of carboxylic acid groups (broad SMARTS) is 1. The number of amides is 2. The molecule has 0 saturated heterocycles. The molecule has 0 saturated carbocycles. The van der Waals surface area contributed by atoms with E-state index in [0.29, 0.717) is 5.52 Å². The van der Waals surface area contributed by atoms with Crippen LogP contribution in [0.2, 0.25) is 0 Å². The molecular weight excluding hydrogens is 324 g/mol. The number of fused-ring (bicyclic) bond motifs is 1. The van der Waals surface area contributed by atoms with E-state index in [2.05, 4.69) is 20.8 Å². The number of para-hydroxylation sites is 1. The van der Waals surface area contributed by atoms with Crippen molar-refractivity contribution in [1.29, 1.82) is 0 Å². The lowest BCUT2D eigenvalue weighted by molar-refractivity contribution is 0.0695. The molecule has 0 spiro atoms. The number of hydrazine groups is 1. The average Bonchev–Trinajstić information content (AvgIpc) is 2.65. The number of nitrogens with one attached hydrogen (secondary N) is 2. The Labute approximate surface area is 141 Å². The monoisotopic (exact) mass is 336 g/mol. The van der Waals surface area contributed by atoms with Crippen molar-refractivity contribution in [1.82, 2.24) is 20.8 Å². The van der Waals surface area contributed by atoms with Gasteiger partial charge in [0.15, 0.2) is 0 Å². The highest BCUT2D eigenvalue weighted by Crippen LogP contribution is 2.11. The predicted molar refractivity (Wildman–Crippen MR) is 87.9 cm³/mol. The van der Waals surface area contributed by atoms with Crippen molar-refractivity contribution in [2.24, 2.45) is 0 Å². The summed E-state index contributed by atoms with van der Waals surface area (Å²) in [6.45, 7) is 0. The molecule has 124 valence electrons. The number of aromatic nitrogens is 2. The van der Waals surface area contributed by atoms with Crippen LogP contribution in [0.3, 0.4) is 0 Å². The van der Waals surface area contributed by atoms with E-state index in [1.54, 1.807) is 18.2 Å². The first kappa shape index (κ1) is 16.1. The van der Waals surface area contributed by atoms with E-state index in [9.17, 15) is 14.4 Å². The minimum absolute atomic E-state index is 0.0308. The summed E-state index contributed by atoms with van der Waals surface area (Å²) in [6.07, 6.45) is 1.06. The molecule has 0 unspecified atom stereocenters. The van der Waals surface area contributed by atoms with Gasteiger partial charge in [-0.15, -0.1) is 0 Å². The molecular formula is C17H12N4O4. The predicted octanol–water partition coefficient (Wildman–Crippen LogP) is 1.40. The van der Waals surface area contributed by atoms with Gasteiger partial charge in [0.05, 0.1) is 11.1 Å². The van der Waals surface area contributed by atoms with E-state index in [4.69, 9.17) is 5.11 Å². The first-order valence-corrected chi connectivity index (χ1v) is 7.20. The number of aromatic carboxylic acids is 1. The maximum atomic E-state index is 12.1. The van der Waals surface area contributed by atoms with Crippen molar-refractivity contribution < 1.29 is 19.5 Å². The molecule has 0 aliphatic carbocycles. The van der Waals surface area contributed by atoms with Crippen molar-refractivity contribution in [3.8, 4) is 0 Å². The summed E-state index contributed by atoms with van der Waals surface area (Å²) in [5.74, 6) is -2.40. The van der Waals surface area contributed by atoms with Crippen molar-refractivity contribution in [2.45, 2.75) is 0 Å². The van der Waals surface area contributed by atoms with Gasteiger partial charge in [0.25, 0.3) is 11.8 Å². The highest BCUT2D eigenvalue weighted by molar-refractivity contribution is 5.98. The van der Waals surface area contributed by atoms with Gasteiger partial charge in [0.2, 0.25) is 0 Å². The van der Waals surface area contributed by atoms with Crippen LogP contribution in [0.5, 0.6) is 0 Å². The Morgan fingerprint density at radius 1 is 0.840 bits per heavy atom. The van der Waals surface area contributed by atoms with Crippen molar-refractivity contribution in [3.05, 3.63) is 71.7 Å². The van der Waals surface area contributed by atoms with E-state index in [0.717, 1.165) is 11.6 Å². The number of pyridine rings is 2. The van der Waals surface area contributed by atoms with Gasteiger partial charge < -0.3 is 5.11 Å². The summed E-state index contributed by atoms with van der Waals surface area (Å²) in [5, 5.41) is 9.68. The number of benzene rings is 1. The minimum atomic E-state index is -1.14. The highest BCUT2D eigenvalue weighted by atomic mass is 16.4. The minimum Gasteiger partial charge on any atom is -0.478 e. The van der Waals surface area contributed by atoms with Crippen LogP contribution in [-0.4, -0.2) is 32.9 Å². The fourth-order valence-electron chi connectivity index (χ4n) is 2.09. The van der Waals surface area contributed by atoms with Crippen LogP contribution in [0.15, 0.2) is 54.7 Å². The summed E-state index contributed by atoms with van der Waals surface area (Å²) < 4.78 is 0. The van der Waals surface area contributed by atoms with Crippen LogP contribution in [0.1, 0.15) is 31.3 Å². The molecule has 0 aliphatic heterocycles. The van der Waals surface area contributed by atoms with E-state index in [-0.39, 0.29) is 17.0 Å². The van der Waals surface area contributed by atoms with Crippen LogP contribution in [-0.2, 0) is 0 Å². The lowest BCUT2D eigenvalue weighted by Crippen LogP contribution is -2.42. The fraction of sp³-hybridized carbons (Fsp3) is 0. The molecule has 2 amide bonds. The zero-order chi connectivity index (χ0) is 17.8. The molecule has 0 radical (unpaired) electrons. The van der Waals surface area contributed by atoms with Crippen molar-refractivity contribution in [2.75, 3.05) is 0 Å². The third-order valence-corrected chi connectivity index (χ3v) is 3.36. The Bertz CT molecular complexity index is 970. The number of carbonyl (C=O) groups excluding carboxylic acids is 2. The highest BCUT2D eigenvalue weighted by Gasteiger charge is 2.12. The van der Waals surface area contributed by atoms with Crippen LogP contribution in [0, 0.1) is 0 Å². The van der Waals surface area contributed by atoms with Crippen LogP contribution < -0.4 is 10.9 Å². The first-order valence-electron chi connectivity index (χ1n) is 7.20. The summed E-state index contributed by atoms with van der Waals surface area (Å²) >= 11 is 0. The van der Waals surface area contributed by atoms with Gasteiger partial charge in [-0.3, -0.25) is 25.4 Å². The van der Waals surface area contributed by atoms with Crippen LogP contribution in [0.25, 0.3) is 10.9 Å². The molecule has 25 heavy (non-hydrogen) atoms. The number of nitrogens with zero attached hydrogens (tertiary/aromatic N) is 2. The summed E-state index contributed by atoms with van der Waals surface area (Å²) in [5.41, 5.74) is 5.18. The normalized spacial score (nSPS) is 10.2. The van der Waals surface area contributed by atoms with Gasteiger partial charge in [-0.05, 0) is 24.3 Å². The molecule has 8 heteroatoms. The standard InChI is InChI=1S/C17H12N4O4/c22-15(13-7-6-11(9-18-13)17(24)25)20-21-16(23)14-8-5-10-3-1-2-4-12(10)19-14/h1-9H,(H,20,22)(H,21,23)(H,24,25). The molecule has 0 bridgehead atoms. The number of hydrogen-bond donors (Lipinski definition) is 3. The van der Waals surface area contributed by atoms with E-state index < -0.39 is 17.8 Å². The Morgan fingerprint density at radius 2 is 1.52 bits per heavy atom. The second-order valence-electron chi connectivity index (χ2n) is 5.03. The fourth-order valence-corrected chi connectivity index (χ4v) is 2.09. The number of hydrogen-bond acceptors (Lipinski definition) is 5. The Hall–Kier alpha value is -3.81. The van der Waals surface area contributed by atoms with Gasteiger partial charge in [-0.1, -0.05) is 24.3 Å². The molecule has 3 aromatic rings. The van der Waals surface area contributed by atoms with Crippen LogP contribution in [0.4, 0.5) is 0 Å². The van der Waals surface area contributed by atoms with Crippen LogP contribution >= 0.6 is 0 Å². The summed E-state index contributed by atoms with van der Waals surface area (Å²) in [4.78, 5) is 42.7. The Morgan fingerprint density at radius 3 is 2.20 bits per heavy atom. The smallest absolute Gasteiger partial charge is 0.337 e. The average molecular weight is 336 g/mol. The number of carboxylic acids is 1. The molecule has 1 aromatic carbocycles. The second kappa shape index (κ2) is 6.75. The number of rotatable bonds is 3. The topological polar surface area (TPSA) is 121 Å². The molecule has 0 atom stereocenters. The maximum Gasteiger partial charge on any atom is 0.337 e. The molecule has 0 aliphatic rings. The lowest BCUT2D eigenvalue weighted by Gasteiger charge is -2.07. The molecule has 2 heterocycles. The zero-order valence-electron chi connectivity index (χ0n) is 12.8. The van der Waals surface area contributed by atoms with Crippen molar-refractivity contribution in [3.63, 3.8) is 0 Å². The molecule has 0 fully saturated rings. The van der Waals surface area contributed by atoms with Gasteiger partial charge in [0, 0.05) is 11.6 Å². The lowest BCUT2D eigenvalue weighted by atomic mass is 10.2. The first-order chi connectivity index (χ1) is 12.0. The second-order valence-corrected chi connectivity index (χ2v) is 5.03.